The van der Waals surface area contributed by atoms with Crippen molar-refractivity contribution in [3.05, 3.63) is 17.0 Å². The van der Waals surface area contributed by atoms with Gasteiger partial charge in [-0.1, -0.05) is 54.9 Å². The van der Waals surface area contributed by atoms with Crippen molar-refractivity contribution in [2.24, 2.45) is 5.41 Å². The largest absolute Gasteiger partial charge is 0.359 e. The Morgan fingerprint density at radius 3 is 2.68 bits per heavy atom. The quantitative estimate of drug-likeness (QED) is 0.491. The van der Waals surface area contributed by atoms with Crippen LogP contribution in [0.15, 0.2) is 4.52 Å². The number of hydrogen-bond acceptors (Lipinski definition) is 4. The van der Waals surface area contributed by atoms with E-state index in [0.29, 0.717) is 12.2 Å². The Kier molecular flexibility index (Phi) is 7.82. The first-order chi connectivity index (χ1) is 10.3. The molecule has 0 aliphatic rings. The van der Waals surface area contributed by atoms with E-state index in [4.69, 9.17) is 4.52 Å². The summed E-state index contributed by atoms with van der Waals surface area (Å²) in [4.78, 5) is 14.6. The Labute approximate surface area is 147 Å². The summed E-state index contributed by atoms with van der Waals surface area (Å²) < 4.78 is 5.90. The third-order valence-corrected chi connectivity index (χ3v) is 4.37. The highest BCUT2D eigenvalue weighted by molar-refractivity contribution is 14.1. The minimum absolute atomic E-state index is 0.0158. The monoisotopic (exact) mass is 421 g/mol. The number of nitrogens with zero attached hydrogens (tertiary/aromatic N) is 2. The number of amides is 1. The third kappa shape index (κ3) is 5.87. The van der Waals surface area contributed by atoms with E-state index in [0.717, 1.165) is 28.8 Å². The fourth-order valence-electron chi connectivity index (χ4n) is 2.40. The topological polar surface area (TPSA) is 58.4 Å². The number of nitrogens with one attached hydrogen (secondary N) is 1. The molecule has 0 aromatic carbocycles. The van der Waals surface area contributed by atoms with E-state index in [-0.39, 0.29) is 11.3 Å². The molecule has 1 N–H and O–H groups in total. The van der Waals surface area contributed by atoms with Gasteiger partial charge in [0.2, 0.25) is 0 Å². The highest BCUT2D eigenvalue weighted by Crippen LogP contribution is 2.18. The van der Waals surface area contributed by atoms with E-state index < -0.39 is 0 Å². The number of halogens is 1. The summed E-state index contributed by atoms with van der Waals surface area (Å²) >= 11 is 2.20. The highest BCUT2D eigenvalue weighted by Gasteiger charge is 2.23. The summed E-state index contributed by atoms with van der Waals surface area (Å²) in [5, 5.41) is 6.87. The maximum Gasteiger partial charge on any atom is 0.273 e. The standard InChI is InChI=1S/C16H28IN3O2/c1-6-7-8-20(5)11-16(3,4)10-18-15(21)14-12(2)13(9-17)22-19-14/h6-11H2,1-5H3,(H,18,21). The molecule has 0 saturated carbocycles. The van der Waals surface area contributed by atoms with Crippen LogP contribution < -0.4 is 5.32 Å². The zero-order valence-corrected chi connectivity index (χ0v) is 16.5. The average Bonchev–Trinajstić information content (AvgIpc) is 2.83. The number of rotatable bonds is 9. The minimum atomic E-state index is -0.151. The Balaban J connectivity index is 2.52. The smallest absolute Gasteiger partial charge is 0.273 e. The van der Waals surface area contributed by atoms with Crippen LogP contribution in [0, 0.1) is 12.3 Å². The van der Waals surface area contributed by atoms with Gasteiger partial charge in [0.05, 0.1) is 4.43 Å². The van der Waals surface area contributed by atoms with Gasteiger partial charge in [0.15, 0.2) is 5.69 Å². The van der Waals surface area contributed by atoms with Crippen LogP contribution in [0.3, 0.4) is 0 Å². The van der Waals surface area contributed by atoms with Gasteiger partial charge >= 0.3 is 0 Å². The Hall–Kier alpha value is -0.630. The highest BCUT2D eigenvalue weighted by atomic mass is 127. The van der Waals surface area contributed by atoms with E-state index in [1.807, 2.05) is 6.92 Å². The fourth-order valence-corrected chi connectivity index (χ4v) is 3.11. The Morgan fingerprint density at radius 1 is 1.45 bits per heavy atom. The van der Waals surface area contributed by atoms with Gasteiger partial charge in [-0.3, -0.25) is 4.79 Å². The van der Waals surface area contributed by atoms with Crippen molar-refractivity contribution in [3.8, 4) is 0 Å². The van der Waals surface area contributed by atoms with Crippen molar-refractivity contribution in [1.82, 2.24) is 15.4 Å². The van der Waals surface area contributed by atoms with Crippen LogP contribution in [-0.2, 0) is 4.43 Å². The molecule has 22 heavy (non-hydrogen) atoms. The summed E-state index contributed by atoms with van der Waals surface area (Å²) in [7, 11) is 2.13. The Bertz CT molecular complexity index is 486. The minimum Gasteiger partial charge on any atom is -0.359 e. The van der Waals surface area contributed by atoms with Crippen LogP contribution in [0.4, 0.5) is 0 Å². The number of hydrogen-bond donors (Lipinski definition) is 1. The number of aromatic nitrogens is 1. The van der Waals surface area contributed by atoms with Crippen molar-refractivity contribution >= 4 is 28.5 Å². The summed E-state index contributed by atoms with van der Waals surface area (Å²) in [6, 6.07) is 0. The van der Waals surface area contributed by atoms with E-state index in [1.165, 1.54) is 12.8 Å². The predicted molar refractivity (Wildman–Crippen MR) is 97.5 cm³/mol. The molecule has 0 aliphatic carbocycles. The van der Waals surface area contributed by atoms with Gasteiger partial charge in [-0.25, -0.2) is 0 Å². The molecule has 1 rings (SSSR count). The number of alkyl halides is 1. The van der Waals surface area contributed by atoms with E-state index >= 15 is 0 Å². The van der Waals surface area contributed by atoms with Crippen molar-refractivity contribution in [1.29, 1.82) is 0 Å². The summed E-state index contributed by atoms with van der Waals surface area (Å²) in [5.74, 6) is 0.617. The van der Waals surface area contributed by atoms with Gasteiger partial charge < -0.3 is 14.7 Å². The third-order valence-electron chi connectivity index (χ3n) is 3.68. The molecule has 1 aromatic heterocycles. The number of carbonyl (C=O) groups excluding carboxylic acids is 1. The van der Waals surface area contributed by atoms with Gasteiger partial charge in [0, 0.05) is 18.7 Å². The van der Waals surface area contributed by atoms with Gasteiger partial charge in [0.1, 0.15) is 5.76 Å². The molecule has 0 unspecified atom stereocenters. The van der Waals surface area contributed by atoms with E-state index in [9.17, 15) is 4.79 Å². The zero-order valence-electron chi connectivity index (χ0n) is 14.3. The molecule has 126 valence electrons. The van der Waals surface area contributed by atoms with Crippen molar-refractivity contribution in [2.45, 2.75) is 45.0 Å². The number of carbonyl (C=O) groups is 1. The summed E-state index contributed by atoms with van der Waals surface area (Å²) in [5.41, 5.74) is 1.26. The molecule has 1 aromatic rings. The second-order valence-corrected chi connectivity index (χ2v) is 7.41. The second-order valence-electron chi connectivity index (χ2n) is 6.65. The van der Waals surface area contributed by atoms with Gasteiger partial charge in [-0.15, -0.1) is 0 Å². The van der Waals surface area contributed by atoms with Gasteiger partial charge in [-0.05, 0) is 32.4 Å². The van der Waals surface area contributed by atoms with Crippen LogP contribution in [0.1, 0.15) is 55.4 Å². The van der Waals surface area contributed by atoms with Crippen LogP contribution in [0.5, 0.6) is 0 Å². The second kappa shape index (κ2) is 8.86. The van der Waals surface area contributed by atoms with E-state index in [1.54, 1.807) is 0 Å². The predicted octanol–water partition coefficient (Wildman–Crippen LogP) is 3.41. The van der Waals surface area contributed by atoms with Crippen molar-refractivity contribution < 1.29 is 9.32 Å². The fraction of sp³-hybridized carbons (Fsp3) is 0.750. The first-order valence-corrected chi connectivity index (χ1v) is 9.31. The van der Waals surface area contributed by atoms with Crippen LogP contribution in [0.25, 0.3) is 0 Å². The zero-order chi connectivity index (χ0) is 16.8. The first-order valence-electron chi connectivity index (χ1n) is 7.78. The lowest BCUT2D eigenvalue weighted by atomic mass is 9.92. The maximum atomic E-state index is 12.2. The maximum absolute atomic E-state index is 12.2. The molecule has 5 nitrogen and oxygen atoms in total. The van der Waals surface area contributed by atoms with Crippen molar-refractivity contribution in [2.75, 3.05) is 26.7 Å². The molecule has 6 heteroatoms. The number of unbranched alkanes of at least 4 members (excludes halogenated alkanes) is 1. The molecule has 0 bridgehead atoms. The molecule has 1 amide bonds. The molecular weight excluding hydrogens is 393 g/mol. The Morgan fingerprint density at radius 2 is 2.14 bits per heavy atom. The normalized spacial score (nSPS) is 12.0. The molecule has 0 radical (unpaired) electrons. The summed E-state index contributed by atoms with van der Waals surface area (Å²) in [6.45, 7) is 11.1. The summed E-state index contributed by atoms with van der Waals surface area (Å²) in [6.07, 6.45) is 2.40. The van der Waals surface area contributed by atoms with Crippen LogP contribution in [-0.4, -0.2) is 42.6 Å². The van der Waals surface area contributed by atoms with Crippen molar-refractivity contribution in [3.63, 3.8) is 0 Å². The van der Waals surface area contributed by atoms with Gasteiger partial charge in [0.25, 0.3) is 5.91 Å². The molecule has 0 atom stereocenters. The molecule has 0 aliphatic heterocycles. The molecule has 0 fully saturated rings. The molecule has 1 heterocycles. The van der Waals surface area contributed by atoms with Gasteiger partial charge in [-0.2, -0.15) is 0 Å². The lowest BCUT2D eigenvalue weighted by Gasteiger charge is -2.30. The first kappa shape index (κ1) is 19.4. The molecule has 0 saturated heterocycles. The van der Waals surface area contributed by atoms with Crippen LogP contribution in [0.2, 0.25) is 0 Å². The average molecular weight is 421 g/mol. The van der Waals surface area contributed by atoms with E-state index in [2.05, 4.69) is 65.8 Å². The SMILES string of the molecule is CCCCN(C)CC(C)(C)CNC(=O)c1noc(CI)c1C. The lowest BCUT2D eigenvalue weighted by molar-refractivity contribution is 0.0916. The molecule has 0 spiro atoms. The van der Waals surface area contributed by atoms with Crippen LogP contribution >= 0.6 is 22.6 Å². The molecular formula is C16H28IN3O2. The lowest BCUT2D eigenvalue weighted by Crippen LogP contribution is -2.41.